The Morgan fingerprint density at radius 1 is 1.11 bits per heavy atom. The first kappa shape index (κ1) is 21.8. The number of ether oxygens (including phenoxy) is 2. The molecule has 6 rings (SSSR count). The molecule has 3 aliphatic heterocycles. The topological polar surface area (TPSA) is 114 Å². The number of nitrogens with one attached hydrogen (secondary N) is 1. The van der Waals surface area contributed by atoms with Crippen LogP contribution in [0.2, 0.25) is 0 Å². The molecule has 0 aliphatic carbocycles. The predicted molar refractivity (Wildman–Crippen MR) is 128 cm³/mol. The number of rotatable bonds is 5. The number of hydrogen-bond acceptors (Lipinski definition) is 8. The molecular formula is C25H26N6O4. The van der Waals surface area contributed by atoms with E-state index in [0.717, 1.165) is 38.0 Å². The van der Waals surface area contributed by atoms with E-state index in [-0.39, 0.29) is 17.2 Å². The molecule has 10 heteroatoms. The van der Waals surface area contributed by atoms with Gasteiger partial charge in [-0.25, -0.2) is 4.98 Å². The lowest BCUT2D eigenvalue weighted by Crippen LogP contribution is -2.44. The van der Waals surface area contributed by atoms with E-state index >= 15 is 0 Å². The summed E-state index contributed by atoms with van der Waals surface area (Å²) in [5.74, 6) is 1.18. The number of likely N-dealkylation sites (tertiary alicyclic amines) is 1. The molecule has 0 saturated carbocycles. The van der Waals surface area contributed by atoms with Crippen molar-refractivity contribution in [2.75, 3.05) is 32.8 Å². The summed E-state index contributed by atoms with van der Waals surface area (Å²) in [6.07, 6.45) is 3.30. The second kappa shape index (κ2) is 8.83. The van der Waals surface area contributed by atoms with E-state index in [1.807, 2.05) is 12.1 Å². The first-order valence-corrected chi connectivity index (χ1v) is 12.0. The number of pyridine rings is 1. The fourth-order valence-corrected chi connectivity index (χ4v) is 5.44. The maximum Gasteiger partial charge on any atom is 0.270 e. The molecule has 1 N–H and O–H groups in total. The molecule has 1 saturated heterocycles. The van der Waals surface area contributed by atoms with Crippen LogP contribution >= 0.6 is 0 Å². The van der Waals surface area contributed by atoms with Crippen molar-refractivity contribution in [1.82, 2.24) is 24.3 Å². The lowest BCUT2D eigenvalue weighted by Gasteiger charge is -2.34. The summed E-state index contributed by atoms with van der Waals surface area (Å²) in [6, 6.07) is 9.53. The van der Waals surface area contributed by atoms with Crippen LogP contribution in [0.4, 0.5) is 0 Å². The average Bonchev–Trinajstić information content (AvgIpc) is 3.28. The van der Waals surface area contributed by atoms with Gasteiger partial charge in [-0.05, 0) is 49.7 Å². The van der Waals surface area contributed by atoms with Gasteiger partial charge in [-0.1, -0.05) is 0 Å². The van der Waals surface area contributed by atoms with E-state index in [0.29, 0.717) is 60.6 Å². The molecule has 1 unspecified atom stereocenters. The van der Waals surface area contributed by atoms with E-state index in [4.69, 9.17) is 9.47 Å². The quantitative estimate of drug-likeness (QED) is 0.583. The zero-order valence-corrected chi connectivity index (χ0v) is 19.3. The molecule has 10 nitrogen and oxygen atoms in total. The van der Waals surface area contributed by atoms with Crippen LogP contribution in [0.5, 0.6) is 11.5 Å². The summed E-state index contributed by atoms with van der Waals surface area (Å²) >= 11 is 0. The molecular weight excluding hydrogens is 448 g/mol. The molecule has 0 bridgehead atoms. The zero-order chi connectivity index (χ0) is 23.9. The van der Waals surface area contributed by atoms with Gasteiger partial charge in [-0.2, -0.15) is 5.26 Å². The Morgan fingerprint density at radius 2 is 1.94 bits per heavy atom. The van der Waals surface area contributed by atoms with Crippen LogP contribution in [0.15, 0.2) is 40.1 Å². The minimum absolute atomic E-state index is 0.0743. The lowest BCUT2D eigenvalue weighted by molar-refractivity contribution is 0.169. The molecule has 2 aromatic heterocycles. The van der Waals surface area contributed by atoms with Gasteiger partial charge in [0, 0.05) is 31.7 Å². The van der Waals surface area contributed by atoms with Crippen molar-refractivity contribution in [1.29, 1.82) is 5.26 Å². The van der Waals surface area contributed by atoms with Crippen molar-refractivity contribution in [3.8, 4) is 17.6 Å². The van der Waals surface area contributed by atoms with E-state index in [1.54, 1.807) is 15.2 Å². The van der Waals surface area contributed by atoms with Gasteiger partial charge in [0.1, 0.15) is 30.4 Å². The van der Waals surface area contributed by atoms with Crippen LogP contribution in [0.3, 0.4) is 0 Å². The molecule has 3 aliphatic rings. The Bertz CT molecular complexity index is 1440. The maximum atomic E-state index is 12.6. The zero-order valence-electron chi connectivity index (χ0n) is 19.3. The van der Waals surface area contributed by atoms with Crippen LogP contribution < -0.4 is 25.9 Å². The number of nitriles is 1. The van der Waals surface area contributed by atoms with Gasteiger partial charge < -0.3 is 19.7 Å². The first-order chi connectivity index (χ1) is 17.1. The standard InChI is InChI=1S/C25H26N6O4/c26-11-17-9-16(10-21-24(17)35-8-7-34-21)12-27-18-3-5-29(6-4-18)14-19-15-30-23(33)13-28-20-1-2-22(32)31(19)25(20)30/h1-2,9-10,13,18-19,27H,3-8,12,14-15H2. The van der Waals surface area contributed by atoms with Gasteiger partial charge in [-0.3, -0.25) is 18.7 Å². The van der Waals surface area contributed by atoms with Crippen molar-refractivity contribution >= 4 is 11.2 Å². The normalized spacial score (nSPS) is 19.7. The van der Waals surface area contributed by atoms with Crippen molar-refractivity contribution < 1.29 is 9.47 Å². The van der Waals surface area contributed by atoms with Gasteiger partial charge in [0.05, 0.1) is 17.8 Å². The second-order valence-electron chi connectivity index (χ2n) is 9.35. The molecule has 180 valence electrons. The number of hydrogen-bond donors (Lipinski definition) is 1. The third-order valence-corrected chi connectivity index (χ3v) is 7.15. The molecule has 1 aromatic carbocycles. The van der Waals surface area contributed by atoms with Gasteiger partial charge in [0.2, 0.25) is 0 Å². The van der Waals surface area contributed by atoms with E-state index < -0.39 is 0 Å². The minimum Gasteiger partial charge on any atom is -0.486 e. The first-order valence-electron chi connectivity index (χ1n) is 12.0. The van der Waals surface area contributed by atoms with E-state index in [9.17, 15) is 14.9 Å². The van der Waals surface area contributed by atoms with Crippen LogP contribution in [0, 0.1) is 11.3 Å². The highest BCUT2D eigenvalue weighted by molar-refractivity contribution is 5.71. The summed E-state index contributed by atoms with van der Waals surface area (Å²) in [4.78, 5) is 31.5. The molecule has 3 aromatic rings. The SMILES string of the molecule is N#Cc1cc(CNC2CCN(CC3Cn4c(=O)cnc5ccc(=O)n3c54)CC2)cc2c1OCCO2. The molecule has 1 atom stereocenters. The van der Waals surface area contributed by atoms with E-state index in [1.165, 1.54) is 12.3 Å². The van der Waals surface area contributed by atoms with Crippen molar-refractivity contribution in [2.45, 2.75) is 38.0 Å². The van der Waals surface area contributed by atoms with Crippen LogP contribution in [-0.2, 0) is 13.1 Å². The highest BCUT2D eigenvalue weighted by Gasteiger charge is 2.29. The van der Waals surface area contributed by atoms with Gasteiger partial charge in [-0.15, -0.1) is 0 Å². The minimum atomic E-state index is -0.166. The Hall–Kier alpha value is -3.68. The largest absolute Gasteiger partial charge is 0.486 e. The molecule has 0 amide bonds. The fraction of sp³-hybridized carbons (Fsp3) is 0.440. The second-order valence-corrected chi connectivity index (χ2v) is 9.35. The van der Waals surface area contributed by atoms with Gasteiger partial charge in [0.15, 0.2) is 11.5 Å². The van der Waals surface area contributed by atoms with Crippen LogP contribution in [-0.4, -0.2) is 57.9 Å². The summed E-state index contributed by atoms with van der Waals surface area (Å²) in [6.45, 7) is 4.65. The number of aromatic nitrogens is 3. The molecule has 5 heterocycles. The fourth-order valence-electron chi connectivity index (χ4n) is 5.44. The van der Waals surface area contributed by atoms with E-state index in [2.05, 4.69) is 21.3 Å². The third-order valence-electron chi connectivity index (χ3n) is 7.15. The highest BCUT2D eigenvalue weighted by atomic mass is 16.6. The molecule has 0 spiro atoms. The predicted octanol–water partition coefficient (Wildman–Crippen LogP) is 1.01. The lowest BCUT2D eigenvalue weighted by atomic mass is 10.0. The summed E-state index contributed by atoms with van der Waals surface area (Å²) in [5.41, 5.74) is 2.56. The van der Waals surface area contributed by atoms with Crippen molar-refractivity contribution in [3.63, 3.8) is 0 Å². The number of fused-ring (bicyclic) bond motifs is 1. The maximum absolute atomic E-state index is 12.6. The molecule has 0 radical (unpaired) electrons. The number of piperidine rings is 1. The molecule has 35 heavy (non-hydrogen) atoms. The summed E-state index contributed by atoms with van der Waals surface area (Å²) in [5, 5.41) is 13.1. The highest BCUT2D eigenvalue weighted by Crippen LogP contribution is 2.35. The Kier molecular flexibility index (Phi) is 5.51. The van der Waals surface area contributed by atoms with Gasteiger partial charge >= 0.3 is 0 Å². The third kappa shape index (κ3) is 3.96. The number of benzene rings is 1. The van der Waals surface area contributed by atoms with Crippen LogP contribution in [0.25, 0.3) is 11.2 Å². The Balaban J connectivity index is 1.08. The summed E-state index contributed by atoms with van der Waals surface area (Å²) < 4.78 is 14.7. The Morgan fingerprint density at radius 3 is 2.77 bits per heavy atom. The molecule has 1 fully saturated rings. The van der Waals surface area contributed by atoms with Crippen molar-refractivity contribution in [3.05, 3.63) is 62.3 Å². The van der Waals surface area contributed by atoms with Crippen LogP contribution in [0.1, 0.15) is 30.0 Å². The Labute approximate surface area is 201 Å². The monoisotopic (exact) mass is 474 g/mol. The number of nitrogens with zero attached hydrogens (tertiary/aromatic N) is 5. The smallest absolute Gasteiger partial charge is 0.270 e. The summed E-state index contributed by atoms with van der Waals surface area (Å²) in [7, 11) is 0. The van der Waals surface area contributed by atoms with Crippen molar-refractivity contribution in [2.24, 2.45) is 0 Å². The average molecular weight is 475 g/mol. The van der Waals surface area contributed by atoms with Gasteiger partial charge in [0.25, 0.3) is 11.1 Å².